The lowest BCUT2D eigenvalue weighted by Gasteiger charge is -2.34. The zero-order valence-corrected chi connectivity index (χ0v) is 12.5. The molecule has 0 aliphatic carbocycles. The Bertz CT molecular complexity index is 370. The van der Waals surface area contributed by atoms with E-state index in [9.17, 15) is 0 Å². The molecule has 0 radical (unpaired) electrons. The molecule has 4 heteroatoms. The minimum absolute atomic E-state index is 0.769. The molecular weight excluding hydrogens is 332 g/mol. The summed E-state index contributed by atoms with van der Waals surface area (Å²) in [4.78, 5) is 2.43. The third-order valence-corrected chi connectivity index (χ3v) is 4.22. The summed E-state index contributed by atoms with van der Waals surface area (Å²) < 4.78 is 2.15. The summed E-state index contributed by atoms with van der Waals surface area (Å²) in [7, 11) is 0. The van der Waals surface area contributed by atoms with Crippen molar-refractivity contribution in [1.82, 2.24) is 0 Å². The highest BCUT2D eigenvalue weighted by atomic mass is 79.9. The Kier molecular flexibility index (Phi) is 3.80. The topological polar surface area (TPSA) is 29.3 Å². The van der Waals surface area contributed by atoms with Gasteiger partial charge in [0.05, 0.1) is 5.69 Å². The van der Waals surface area contributed by atoms with Gasteiger partial charge in [0, 0.05) is 27.7 Å². The summed E-state index contributed by atoms with van der Waals surface area (Å²) in [6, 6.07) is 3.94. The third-order valence-electron chi connectivity index (χ3n) is 3.01. The summed E-state index contributed by atoms with van der Waals surface area (Å²) in [5.74, 6) is 0.769. The molecule has 1 fully saturated rings. The van der Waals surface area contributed by atoms with E-state index in [1.807, 2.05) is 12.1 Å². The molecule has 1 aliphatic heterocycles. The maximum absolute atomic E-state index is 5.81. The maximum atomic E-state index is 5.81. The Balaban J connectivity index is 2.32. The lowest BCUT2D eigenvalue weighted by molar-refractivity contribution is 0.446. The van der Waals surface area contributed by atoms with Crippen molar-refractivity contribution in [1.29, 1.82) is 0 Å². The van der Waals surface area contributed by atoms with E-state index in [0.717, 1.165) is 33.6 Å². The van der Waals surface area contributed by atoms with Crippen LogP contribution < -0.4 is 10.6 Å². The van der Waals surface area contributed by atoms with Crippen LogP contribution in [0.15, 0.2) is 21.1 Å². The first-order valence-electron chi connectivity index (χ1n) is 5.57. The number of anilines is 2. The van der Waals surface area contributed by atoms with Crippen molar-refractivity contribution in [2.45, 2.75) is 19.8 Å². The molecule has 2 N–H and O–H groups in total. The number of halogens is 2. The molecule has 88 valence electrons. The molecule has 1 aromatic rings. The molecule has 0 bridgehead atoms. The van der Waals surface area contributed by atoms with Crippen LogP contribution >= 0.6 is 31.9 Å². The van der Waals surface area contributed by atoms with Crippen LogP contribution in [-0.4, -0.2) is 13.1 Å². The van der Waals surface area contributed by atoms with Crippen molar-refractivity contribution < 1.29 is 0 Å². The zero-order valence-electron chi connectivity index (χ0n) is 9.34. The van der Waals surface area contributed by atoms with E-state index in [-0.39, 0.29) is 0 Å². The first-order valence-corrected chi connectivity index (χ1v) is 7.16. The predicted molar refractivity (Wildman–Crippen MR) is 76.9 cm³/mol. The maximum Gasteiger partial charge on any atom is 0.0656 e. The van der Waals surface area contributed by atoms with Gasteiger partial charge in [-0.2, -0.15) is 0 Å². The van der Waals surface area contributed by atoms with Crippen LogP contribution in [-0.2, 0) is 0 Å². The highest BCUT2D eigenvalue weighted by Crippen LogP contribution is 2.38. The van der Waals surface area contributed by atoms with Crippen molar-refractivity contribution in [3.8, 4) is 0 Å². The number of rotatable bonds is 1. The molecule has 16 heavy (non-hydrogen) atoms. The van der Waals surface area contributed by atoms with Crippen LogP contribution in [0.2, 0.25) is 0 Å². The van der Waals surface area contributed by atoms with E-state index < -0.39 is 0 Å². The van der Waals surface area contributed by atoms with Gasteiger partial charge in [-0.05, 0) is 62.8 Å². The molecule has 1 aromatic carbocycles. The molecular formula is C12H16Br2N2. The standard InChI is InChI=1S/C12H16Br2N2/c1-8-3-2-4-16(7-8)12-10(13)5-9(15)6-11(12)14/h5-6,8H,2-4,7,15H2,1H3. The van der Waals surface area contributed by atoms with Gasteiger partial charge < -0.3 is 10.6 Å². The Labute approximate surface area is 113 Å². The van der Waals surface area contributed by atoms with Gasteiger partial charge in [-0.3, -0.25) is 0 Å². The van der Waals surface area contributed by atoms with Crippen LogP contribution in [0.4, 0.5) is 11.4 Å². The van der Waals surface area contributed by atoms with Gasteiger partial charge in [0.15, 0.2) is 0 Å². The lowest BCUT2D eigenvalue weighted by atomic mass is 10.00. The molecule has 0 spiro atoms. The number of nitrogens with zero attached hydrogens (tertiary/aromatic N) is 1. The van der Waals surface area contributed by atoms with Gasteiger partial charge in [-0.1, -0.05) is 6.92 Å². The second-order valence-corrected chi connectivity index (χ2v) is 6.24. The zero-order chi connectivity index (χ0) is 11.7. The van der Waals surface area contributed by atoms with Crippen LogP contribution in [0, 0.1) is 5.92 Å². The van der Waals surface area contributed by atoms with Crippen LogP contribution in [0.5, 0.6) is 0 Å². The van der Waals surface area contributed by atoms with Gasteiger partial charge in [0.25, 0.3) is 0 Å². The molecule has 0 amide bonds. The third kappa shape index (κ3) is 2.54. The minimum atomic E-state index is 0.769. The Morgan fingerprint density at radius 2 is 1.94 bits per heavy atom. The van der Waals surface area contributed by atoms with E-state index in [0.29, 0.717) is 0 Å². The summed E-state index contributed by atoms with van der Waals surface area (Å²) in [5.41, 5.74) is 7.83. The van der Waals surface area contributed by atoms with Gasteiger partial charge in [0.2, 0.25) is 0 Å². The van der Waals surface area contributed by atoms with Crippen LogP contribution in [0.25, 0.3) is 0 Å². The summed E-state index contributed by atoms with van der Waals surface area (Å²) >= 11 is 7.20. The average molecular weight is 348 g/mol. The quantitative estimate of drug-likeness (QED) is 0.777. The summed E-state index contributed by atoms with van der Waals surface area (Å²) in [6.07, 6.45) is 2.60. The molecule has 0 aromatic heterocycles. The van der Waals surface area contributed by atoms with E-state index in [2.05, 4.69) is 43.7 Å². The van der Waals surface area contributed by atoms with E-state index in [4.69, 9.17) is 5.73 Å². The highest BCUT2D eigenvalue weighted by Gasteiger charge is 2.20. The molecule has 1 saturated heterocycles. The fraction of sp³-hybridized carbons (Fsp3) is 0.500. The highest BCUT2D eigenvalue weighted by molar-refractivity contribution is 9.11. The second-order valence-electron chi connectivity index (χ2n) is 4.53. The fourth-order valence-electron chi connectivity index (χ4n) is 2.28. The number of piperidine rings is 1. The average Bonchev–Trinajstić information content (AvgIpc) is 2.15. The monoisotopic (exact) mass is 346 g/mol. The van der Waals surface area contributed by atoms with E-state index in [1.165, 1.54) is 18.5 Å². The number of hydrogen-bond donors (Lipinski definition) is 1. The normalized spacial score (nSPS) is 21.2. The van der Waals surface area contributed by atoms with Crippen molar-refractivity contribution >= 4 is 43.2 Å². The second kappa shape index (κ2) is 4.96. The molecule has 1 heterocycles. The predicted octanol–water partition coefficient (Wildman–Crippen LogP) is 4.03. The van der Waals surface area contributed by atoms with Crippen molar-refractivity contribution in [3.05, 3.63) is 21.1 Å². The summed E-state index contributed by atoms with van der Waals surface area (Å²) in [5, 5.41) is 0. The Morgan fingerprint density at radius 3 is 2.50 bits per heavy atom. The largest absolute Gasteiger partial charge is 0.399 e. The molecule has 2 rings (SSSR count). The van der Waals surface area contributed by atoms with Crippen molar-refractivity contribution in [2.75, 3.05) is 23.7 Å². The molecule has 1 atom stereocenters. The van der Waals surface area contributed by atoms with Gasteiger partial charge in [0.1, 0.15) is 0 Å². The van der Waals surface area contributed by atoms with Crippen molar-refractivity contribution in [2.24, 2.45) is 5.92 Å². The summed E-state index contributed by atoms with van der Waals surface area (Å²) in [6.45, 7) is 4.57. The number of nitrogens with two attached hydrogens (primary N) is 1. The Morgan fingerprint density at radius 1 is 1.31 bits per heavy atom. The SMILES string of the molecule is CC1CCCN(c2c(Br)cc(N)cc2Br)C1. The molecule has 1 unspecified atom stereocenters. The number of hydrogen-bond acceptors (Lipinski definition) is 2. The number of benzene rings is 1. The van der Waals surface area contributed by atoms with Gasteiger partial charge >= 0.3 is 0 Å². The first-order chi connectivity index (χ1) is 7.58. The van der Waals surface area contributed by atoms with E-state index in [1.54, 1.807) is 0 Å². The first kappa shape index (κ1) is 12.2. The molecule has 1 aliphatic rings. The van der Waals surface area contributed by atoms with Crippen molar-refractivity contribution in [3.63, 3.8) is 0 Å². The fourth-order valence-corrected chi connectivity index (χ4v) is 4.00. The van der Waals surface area contributed by atoms with Gasteiger partial charge in [-0.15, -0.1) is 0 Å². The van der Waals surface area contributed by atoms with Gasteiger partial charge in [-0.25, -0.2) is 0 Å². The Hall–Kier alpha value is -0.220. The number of nitrogen functional groups attached to an aromatic ring is 1. The van der Waals surface area contributed by atoms with Crippen LogP contribution in [0.3, 0.4) is 0 Å². The molecule has 2 nitrogen and oxygen atoms in total. The lowest BCUT2D eigenvalue weighted by Crippen LogP contribution is -2.34. The smallest absolute Gasteiger partial charge is 0.0656 e. The minimum Gasteiger partial charge on any atom is -0.399 e. The molecule has 0 saturated carbocycles. The van der Waals surface area contributed by atoms with Crippen LogP contribution in [0.1, 0.15) is 19.8 Å². The van der Waals surface area contributed by atoms with E-state index >= 15 is 0 Å².